The molecule has 6 heteroatoms. The number of fused-ring (bicyclic) bond motifs is 3. The summed E-state index contributed by atoms with van der Waals surface area (Å²) in [7, 11) is -3.64. The van der Waals surface area contributed by atoms with Crippen molar-refractivity contribution in [3.05, 3.63) is 101 Å². The number of nitrogens with zero attached hydrogens (tertiary/aromatic N) is 2. The van der Waals surface area contributed by atoms with Crippen LogP contribution >= 0.6 is 0 Å². The molecular formula is C31H34N2O3S. The van der Waals surface area contributed by atoms with Gasteiger partial charge in [0.25, 0.3) is 10.0 Å². The average Bonchev–Trinajstić information content (AvgIpc) is 3.48. The van der Waals surface area contributed by atoms with E-state index in [4.69, 9.17) is 4.74 Å². The van der Waals surface area contributed by atoms with Crippen LogP contribution in [0.1, 0.15) is 47.9 Å². The number of benzene rings is 3. The van der Waals surface area contributed by atoms with Gasteiger partial charge in [0.05, 0.1) is 22.6 Å². The Kier molecular flexibility index (Phi) is 6.43. The van der Waals surface area contributed by atoms with E-state index >= 15 is 0 Å². The summed E-state index contributed by atoms with van der Waals surface area (Å²) in [6, 6.07) is 23.6. The Bertz CT molecular complexity index is 1510. The van der Waals surface area contributed by atoms with Crippen LogP contribution in [0.4, 0.5) is 0 Å². The zero-order valence-electron chi connectivity index (χ0n) is 21.4. The van der Waals surface area contributed by atoms with E-state index in [1.54, 1.807) is 12.1 Å². The van der Waals surface area contributed by atoms with E-state index < -0.39 is 10.0 Å². The molecule has 6 rings (SSSR count). The highest BCUT2D eigenvalue weighted by molar-refractivity contribution is 7.90. The summed E-state index contributed by atoms with van der Waals surface area (Å²) in [5.74, 6) is 0. The van der Waals surface area contributed by atoms with Gasteiger partial charge in [-0.05, 0) is 80.5 Å². The van der Waals surface area contributed by atoms with Crippen LogP contribution in [0.5, 0.6) is 0 Å². The van der Waals surface area contributed by atoms with Gasteiger partial charge in [0.1, 0.15) is 0 Å². The number of para-hydroxylation sites is 1. The second kappa shape index (κ2) is 9.75. The summed E-state index contributed by atoms with van der Waals surface area (Å²) < 4.78 is 34.7. The minimum Gasteiger partial charge on any atom is -0.365 e. The summed E-state index contributed by atoms with van der Waals surface area (Å²) in [5.41, 5.74) is 5.54. The van der Waals surface area contributed by atoms with Gasteiger partial charge in [0, 0.05) is 24.7 Å². The Labute approximate surface area is 219 Å². The number of likely N-dealkylation sites (tertiary alicyclic amines) is 1. The zero-order valence-corrected chi connectivity index (χ0v) is 22.2. The highest BCUT2D eigenvalue weighted by Crippen LogP contribution is 2.44. The molecule has 0 saturated carbocycles. The molecular weight excluding hydrogens is 480 g/mol. The SMILES string of the molecule is Cc1ccc(S(=O)(=O)n2cc(CCCCN3CCC4(CC3)OCc3ccccc34)c3ccccc32)cc1. The van der Waals surface area contributed by atoms with Crippen LogP contribution in [0.15, 0.2) is 83.9 Å². The lowest BCUT2D eigenvalue weighted by Crippen LogP contribution is -2.42. The average molecular weight is 515 g/mol. The minimum absolute atomic E-state index is 0.0855. The summed E-state index contributed by atoms with van der Waals surface area (Å²) in [6.45, 7) is 5.88. The van der Waals surface area contributed by atoms with E-state index in [2.05, 4.69) is 29.2 Å². The third-order valence-corrected chi connectivity index (χ3v) is 9.87. The van der Waals surface area contributed by atoms with Crippen molar-refractivity contribution >= 4 is 20.9 Å². The van der Waals surface area contributed by atoms with Crippen molar-refractivity contribution in [2.45, 2.75) is 56.1 Å². The molecule has 0 atom stereocenters. The van der Waals surface area contributed by atoms with Crippen LogP contribution in [0, 0.1) is 6.92 Å². The van der Waals surface area contributed by atoms with Crippen LogP contribution in [-0.2, 0) is 33.4 Å². The molecule has 1 aromatic heterocycles. The van der Waals surface area contributed by atoms with Gasteiger partial charge in [-0.25, -0.2) is 12.4 Å². The highest BCUT2D eigenvalue weighted by atomic mass is 32.2. The summed E-state index contributed by atoms with van der Waals surface area (Å²) in [5, 5.41) is 1.02. The molecule has 0 aliphatic carbocycles. The number of piperidine rings is 1. The van der Waals surface area contributed by atoms with Gasteiger partial charge < -0.3 is 9.64 Å². The first kappa shape index (κ1) is 24.4. The maximum absolute atomic E-state index is 13.4. The van der Waals surface area contributed by atoms with Gasteiger partial charge in [-0.1, -0.05) is 60.2 Å². The van der Waals surface area contributed by atoms with E-state index in [1.807, 2.05) is 49.5 Å². The fourth-order valence-electron chi connectivity index (χ4n) is 6.03. The van der Waals surface area contributed by atoms with Crippen LogP contribution in [0.25, 0.3) is 10.9 Å². The largest absolute Gasteiger partial charge is 0.365 e. The number of aryl methyl sites for hydroxylation is 2. The first-order valence-electron chi connectivity index (χ1n) is 13.3. The van der Waals surface area contributed by atoms with Gasteiger partial charge in [-0.3, -0.25) is 0 Å². The standard InChI is InChI=1S/C31H34N2O3S/c1-24-13-15-27(16-14-24)37(34,35)33-22-25(28-10-3-5-12-30(28)33)8-6-7-19-32-20-17-31(18-21-32)29-11-4-2-9-26(29)23-36-31/h2-5,9-16,22H,6-8,17-21,23H2,1H3. The topological polar surface area (TPSA) is 51.5 Å². The molecule has 4 aromatic rings. The number of rotatable bonds is 7. The fraction of sp³-hybridized carbons (Fsp3) is 0.355. The van der Waals surface area contributed by atoms with Crippen molar-refractivity contribution in [2.75, 3.05) is 19.6 Å². The molecule has 0 unspecified atom stereocenters. The van der Waals surface area contributed by atoms with Crippen molar-refractivity contribution in [1.29, 1.82) is 0 Å². The maximum atomic E-state index is 13.4. The number of aromatic nitrogens is 1. The van der Waals surface area contributed by atoms with Crippen molar-refractivity contribution in [2.24, 2.45) is 0 Å². The molecule has 5 nitrogen and oxygen atoms in total. The van der Waals surface area contributed by atoms with Crippen LogP contribution in [0.2, 0.25) is 0 Å². The van der Waals surface area contributed by atoms with E-state index in [-0.39, 0.29) is 5.60 Å². The molecule has 0 N–H and O–H groups in total. The Balaban J connectivity index is 1.09. The Hall–Kier alpha value is -2.93. The summed E-state index contributed by atoms with van der Waals surface area (Å²) in [4.78, 5) is 2.88. The first-order chi connectivity index (χ1) is 18.0. The molecule has 1 saturated heterocycles. The number of unbranched alkanes of at least 4 members (excludes halogenated alkanes) is 1. The lowest BCUT2D eigenvalue weighted by atomic mass is 9.84. The quantitative estimate of drug-likeness (QED) is 0.283. The van der Waals surface area contributed by atoms with Crippen LogP contribution < -0.4 is 0 Å². The van der Waals surface area contributed by atoms with E-state index in [0.29, 0.717) is 4.90 Å². The van der Waals surface area contributed by atoms with E-state index in [1.165, 1.54) is 15.1 Å². The number of hydrogen-bond acceptors (Lipinski definition) is 4. The van der Waals surface area contributed by atoms with Gasteiger partial charge in [-0.15, -0.1) is 0 Å². The smallest absolute Gasteiger partial charge is 0.268 e. The third-order valence-electron chi connectivity index (χ3n) is 8.18. The molecule has 192 valence electrons. The van der Waals surface area contributed by atoms with Crippen molar-refractivity contribution in [3.8, 4) is 0 Å². The minimum atomic E-state index is -3.64. The second-order valence-electron chi connectivity index (χ2n) is 10.5. The molecule has 1 spiro atoms. The molecule has 37 heavy (non-hydrogen) atoms. The first-order valence-corrected chi connectivity index (χ1v) is 14.8. The third kappa shape index (κ3) is 4.52. The number of ether oxygens (including phenoxy) is 1. The Morgan fingerprint density at radius 1 is 0.892 bits per heavy atom. The lowest BCUT2D eigenvalue weighted by Gasteiger charge is -2.39. The maximum Gasteiger partial charge on any atom is 0.268 e. The van der Waals surface area contributed by atoms with Gasteiger partial charge in [0.2, 0.25) is 0 Å². The summed E-state index contributed by atoms with van der Waals surface area (Å²) >= 11 is 0. The molecule has 3 aromatic carbocycles. The predicted molar refractivity (Wildman–Crippen MR) is 147 cm³/mol. The monoisotopic (exact) mass is 514 g/mol. The van der Waals surface area contributed by atoms with E-state index in [0.717, 1.165) is 80.4 Å². The molecule has 0 bridgehead atoms. The lowest BCUT2D eigenvalue weighted by molar-refractivity contribution is -0.0788. The van der Waals surface area contributed by atoms with Gasteiger partial charge >= 0.3 is 0 Å². The Morgan fingerprint density at radius 2 is 1.62 bits per heavy atom. The van der Waals surface area contributed by atoms with E-state index in [9.17, 15) is 8.42 Å². The Morgan fingerprint density at radius 3 is 2.43 bits per heavy atom. The zero-order chi connectivity index (χ0) is 25.5. The normalized spacial score (nSPS) is 17.4. The number of hydrogen-bond donors (Lipinski definition) is 0. The van der Waals surface area contributed by atoms with Crippen molar-refractivity contribution in [1.82, 2.24) is 8.87 Å². The summed E-state index contributed by atoms with van der Waals surface area (Å²) in [6.07, 6.45) is 6.92. The fourth-order valence-corrected chi connectivity index (χ4v) is 7.42. The van der Waals surface area contributed by atoms with Gasteiger partial charge in [0.15, 0.2) is 0 Å². The van der Waals surface area contributed by atoms with Crippen LogP contribution in [0.3, 0.4) is 0 Å². The molecule has 0 radical (unpaired) electrons. The highest BCUT2D eigenvalue weighted by Gasteiger charge is 2.42. The molecule has 2 aliphatic rings. The molecule has 1 fully saturated rings. The molecule has 3 heterocycles. The molecule has 2 aliphatic heterocycles. The second-order valence-corrected chi connectivity index (χ2v) is 12.3. The van der Waals surface area contributed by atoms with Crippen molar-refractivity contribution < 1.29 is 13.2 Å². The van der Waals surface area contributed by atoms with Gasteiger partial charge in [-0.2, -0.15) is 0 Å². The van der Waals surface area contributed by atoms with Crippen LogP contribution in [-0.4, -0.2) is 36.9 Å². The predicted octanol–water partition coefficient (Wildman–Crippen LogP) is 6.03. The van der Waals surface area contributed by atoms with Crippen molar-refractivity contribution in [3.63, 3.8) is 0 Å². The molecule has 0 amide bonds.